The van der Waals surface area contributed by atoms with Crippen LogP contribution in [-0.4, -0.2) is 45.0 Å². The minimum atomic E-state index is -3.76. The molecule has 0 unspecified atom stereocenters. The zero-order valence-corrected chi connectivity index (χ0v) is 19.7. The van der Waals surface area contributed by atoms with Crippen molar-refractivity contribution >= 4 is 27.0 Å². The number of nitrogens with zero attached hydrogens (tertiary/aromatic N) is 1. The predicted molar refractivity (Wildman–Crippen MR) is 124 cm³/mol. The van der Waals surface area contributed by atoms with E-state index in [1.165, 1.54) is 27.6 Å². The molecule has 0 amide bonds. The highest BCUT2D eigenvalue weighted by Crippen LogP contribution is 2.29. The Balaban J connectivity index is 1.40. The van der Waals surface area contributed by atoms with Crippen molar-refractivity contribution in [3.63, 3.8) is 0 Å². The Labute approximate surface area is 197 Å². The van der Waals surface area contributed by atoms with E-state index in [-0.39, 0.29) is 30.2 Å². The Morgan fingerprint density at radius 2 is 1.79 bits per heavy atom. The molecule has 1 aromatic heterocycles. The van der Waals surface area contributed by atoms with E-state index in [2.05, 4.69) is 0 Å². The van der Waals surface area contributed by atoms with E-state index in [4.69, 9.17) is 13.9 Å². The van der Waals surface area contributed by atoms with Gasteiger partial charge in [-0.2, -0.15) is 4.31 Å². The van der Waals surface area contributed by atoms with Crippen LogP contribution in [0.3, 0.4) is 0 Å². The normalized spacial score (nSPS) is 16.5. The topological polar surface area (TPSA) is 103 Å². The molecule has 1 fully saturated rings. The van der Waals surface area contributed by atoms with Crippen molar-refractivity contribution in [3.05, 3.63) is 74.6 Å². The first-order valence-corrected chi connectivity index (χ1v) is 12.7. The molecule has 0 N–H and O–H groups in total. The maximum Gasteiger partial charge on any atom is 0.338 e. The fourth-order valence-corrected chi connectivity index (χ4v) is 6.23. The number of hydrogen-bond donors (Lipinski definition) is 0. The van der Waals surface area contributed by atoms with Gasteiger partial charge in [-0.1, -0.05) is 6.07 Å². The summed E-state index contributed by atoms with van der Waals surface area (Å²) in [6, 6.07) is 9.73. The summed E-state index contributed by atoms with van der Waals surface area (Å²) in [5.41, 5.74) is 3.60. The molecule has 8 nitrogen and oxygen atoms in total. The van der Waals surface area contributed by atoms with Crippen LogP contribution in [0.25, 0.3) is 11.0 Å². The first-order chi connectivity index (χ1) is 16.3. The van der Waals surface area contributed by atoms with Crippen molar-refractivity contribution in [2.24, 2.45) is 0 Å². The zero-order chi connectivity index (χ0) is 23.9. The lowest BCUT2D eigenvalue weighted by Crippen LogP contribution is -2.40. The highest BCUT2D eigenvalue weighted by molar-refractivity contribution is 7.89. The van der Waals surface area contributed by atoms with Crippen LogP contribution in [-0.2, 0) is 38.9 Å². The van der Waals surface area contributed by atoms with Crippen LogP contribution in [0.2, 0.25) is 0 Å². The number of fused-ring (bicyclic) bond motifs is 2. The molecule has 2 aliphatic rings. The monoisotopic (exact) mass is 483 g/mol. The van der Waals surface area contributed by atoms with Crippen molar-refractivity contribution in [1.29, 1.82) is 0 Å². The molecule has 1 saturated heterocycles. The van der Waals surface area contributed by atoms with Crippen molar-refractivity contribution in [3.8, 4) is 0 Å². The van der Waals surface area contributed by atoms with E-state index in [0.717, 1.165) is 24.6 Å². The molecule has 1 aliphatic carbocycles. The smallest absolute Gasteiger partial charge is 0.338 e. The molecule has 2 aromatic carbocycles. The molecule has 3 aromatic rings. The van der Waals surface area contributed by atoms with Gasteiger partial charge in [0, 0.05) is 30.1 Å². The van der Waals surface area contributed by atoms with Crippen LogP contribution >= 0.6 is 0 Å². The summed E-state index contributed by atoms with van der Waals surface area (Å²) in [7, 11) is -3.76. The average molecular weight is 484 g/mol. The van der Waals surface area contributed by atoms with Crippen molar-refractivity contribution in [2.75, 3.05) is 26.3 Å². The summed E-state index contributed by atoms with van der Waals surface area (Å²) in [5.74, 6) is -0.666. The largest absolute Gasteiger partial charge is 0.457 e. The number of rotatable bonds is 5. The van der Waals surface area contributed by atoms with Crippen LogP contribution in [0.4, 0.5) is 0 Å². The highest BCUT2D eigenvalue weighted by atomic mass is 32.2. The number of morpholine rings is 1. The van der Waals surface area contributed by atoms with Gasteiger partial charge in [0.1, 0.15) is 12.2 Å². The van der Waals surface area contributed by atoms with Crippen LogP contribution in [0, 0.1) is 6.92 Å². The number of sulfonamides is 1. The molecule has 9 heteroatoms. The van der Waals surface area contributed by atoms with Crippen LogP contribution in [0.5, 0.6) is 0 Å². The van der Waals surface area contributed by atoms with Gasteiger partial charge in [0.05, 0.1) is 23.7 Å². The summed E-state index contributed by atoms with van der Waals surface area (Å²) in [4.78, 5) is 25.0. The Hall–Kier alpha value is -3.01. The maximum absolute atomic E-state index is 13.1. The average Bonchev–Trinajstić information content (AvgIpc) is 3.29. The summed E-state index contributed by atoms with van der Waals surface area (Å²) < 4.78 is 43.7. The molecular formula is C25H25NO7S. The Kier molecular flexibility index (Phi) is 6.01. The number of benzene rings is 2. The number of ether oxygens (including phenoxy) is 2. The molecule has 2 heterocycles. The summed E-state index contributed by atoms with van der Waals surface area (Å²) in [6.07, 6.45) is 2.98. The lowest BCUT2D eigenvalue weighted by Gasteiger charge is -2.26. The van der Waals surface area contributed by atoms with E-state index < -0.39 is 21.6 Å². The molecule has 0 saturated carbocycles. The van der Waals surface area contributed by atoms with E-state index in [9.17, 15) is 18.0 Å². The fourth-order valence-electron chi connectivity index (χ4n) is 4.57. The van der Waals surface area contributed by atoms with E-state index in [1.807, 2.05) is 12.1 Å². The lowest BCUT2D eigenvalue weighted by molar-refractivity contribution is 0.0473. The molecule has 0 spiro atoms. The SMILES string of the molecule is Cc1ccc(C(=O)OCc2cc(=O)oc3cc4c(cc23)CCC4)cc1S(=O)(=O)N1CCOCC1. The van der Waals surface area contributed by atoms with Gasteiger partial charge < -0.3 is 13.9 Å². The van der Waals surface area contributed by atoms with Gasteiger partial charge in [0.2, 0.25) is 10.0 Å². The first-order valence-electron chi connectivity index (χ1n) is 11.3. The van der Waals surface area contributed by atoms with Crippen LogP contribution in [0.1, 0.15) is 39.0 Å². The standard InChI is InChI=1S/C25H25NO7S/c1-16-5-6-19(13-23(16)34(29,30)26-7-9-31-10-8-26)25(28)32-15-20-14-24(27)33-22-12-18-4-2-3-17(18)11-21(20)22/h5-6,11-14H,2-4,7-10,15H2,1H3. The Morgan fingerprint density at radius 3 is 2.56 bits per heavy atom. The van der Waals surface area contributed by atoms with Crippen LogP contribution in [0.15, 0.2) is 50.5 Å². The second kappa shape index (κ2) is 8.98. The van der Waals surface area contributed by atoms with Gasteiger partial charge in [-0.3, -0.25) is 0 Å². The van der Waals surface area contributed by atoms with Gasteiger partial charge in [0.25, 0.3) is 0 Å². The molecular weight excluding hydrogens is 458 g/mol. The number of carbonyl (C=O) groups is 1. The molecule has 34 heavy (non-hydrogen) atoms. The molecule has 0 bridgehead atoms. The van der Waals surface area contributed by atoms with Crippen molar-refractivity contribution in [1.82, 2.24) is 4.31 Å². The third-order valence-electron chi connectivity index (χ3n) is 6.41. The zero-order valence-electron chi connectivity index (χ0n) is 18.8. The molecule has 178 valence electrons. The number of hydrogen-bond acceptors (Lipinski definition) is 7. The molecule has 0 atom stereocenters. The maximum atomic E-state index is 13.1. The Bertz CT molecular complexity index is 1440. The molecule has 1 aliphatic heterocycles. The van der Waals surface area contributed by atoms with Gasteiger partial charge in [0.15, 0.2) is 0 Å². The second-order valence-electron chi connectivity index (χ2n) is 8.63. The lowest BCUT2D eigenvalue weighted by atomic mass is 10.0. The van der Waals surface area contributed by atoms with Crippen molar-refractivity contribution < 1.29 is 27.1 Å². The van der Waals surface area contributed by atoms with Gasteiger partial charge in [-0.05, 0) is 67.1 Å². The molecule has 0 radical (unpaired) electrons. The quantitative estimate of drug-likeness (QED) is 0.406. The van der Waals surface area contributed by atoms with Gasteiger partial charge >= 0.3 is 11.6 Å². The number of esters is 1. The number of carbonyl (C=O) groups excluding carboxylic acids is 1. The third-order valence-corrected chi connectivity index (χ3v) is 8.45. The summed E-state index contributed by atoms with van der Waals surface area (Å²) >= 11 is 0. The minimum absolute atomic E-state index is 0.0743. The van der Waals surface area contributed by atoms with E-state index in [1.54, 1.807) is 19.1 Å². The Morgan fingerprint density at radius 1 is 1.06 bits per heavy atom. The summed E-state index contributed by atoms with van der Waals surface area (Å²) in [6.45, 7) is 2.77. The van der Waals surface area contributed by atoms with E-state index >= 15 is 0 Å². The van der Waals surface area contributed by atoms with Crippen LogP contribution < -0.4 is 5.63 Å². The van der Waals surface area contributed by atoms with Gasteiger partial charge in [-0.15, -0.1) is 0 Å². The summed E-state index contributed by atoms with van der Waals surface area (Å²) in [5, 5.41) is 0.743. The molecule has 5 rings (SSSR count). The minimum Gasteiger partial charge on any atom is -0.457 e. The number of aryl methyl sites for hydroxylation is 3. The van der Waals surface area contributed by atoms with E-state index in [0.29, 0.717) is 29.9 Å². The second-order valence-corrected chi connectivity index (χ2v) is 10.5. The first kappa shape index (κ1) is 22.8. The predicted octanol–water partition coefficient (Wildman–Crippen LogP) is 2.97. The fraction of sp³-hybridized carbons (Fsp3) is 0.360. The highest BCUT2D eigenvalue weighted by Gasteiger charge is 2.28. The van der Waals surface area contributed by atoms with Crippen molar-refractivity contribution in [2.45, 2.75) is 37.7 Å². The van der Waals surface area contributed by atoms with Gasteiger partial charge in [-0.25, -0.2) is 18.0 Å². The third kappa shape index (κ3) is 4.26.